The van der Waals surface area contributed by atoms with E-state index in [4.69, 9.17) is 9.47 Å². The van der Waals surface area contributed by atoms with Crippen LogP contribution in [0.1, 0.15) is 121 Å². The Bertz CT molecular complexity index is 1230. The normalized spacial score (nSPS) is 33.8. The summed E-state index contributed by atoms with van der Waals surface area (Å²) in [6, 6.07) is 4.54. The molecule has 7 rings (SSSR count). The van der Waals surface area contributed by atoms with Gasteiger partial charge in [-0.15, -0.1) is 0 Å². The molecule has 1 aromatic rings. The first-order valence-electron chi connectivity index (χ1n) is 18.1. The predicted molar refractivity (Wildman–Crippen MR) is 170 cm³/mol. The molecule has 1 saturated heterocycles. The molecule has 4 aliphatic carbocycles. The van der Waals surface area contributed by atoms with E-state index in [0.29, 0.717) is 36.0 Å². The van der Waals surface area contributed by atoms with Gasteiger partial charge in [0, 0.05) is 49.4 Å². The molecule has 1 spiro atoms. The zero-order valence-corrected chi connectivity index (χ0v) is 27.1. The van der Waals surface area contributed by atoms with Crippen LogP contribution < -0.4 is 9.47 Å². The summed E-state index contributed by atoms with van der Waals surface area (Å²) in [5, 5.41) is 10.2. The minimum atomic E-state index is -0.329. The quantitative estimate of drug-likeness (QED) is 0.174. The van der Waals surface area contributed by atoms with E-state index < -0.39 is 0 Å². The molecule has 4 fully saturated rings. The smallest absolute Gasteiger partial charge is 0.308 e. The highest BCUT2D eigenvalue weighted by Gasteiger charge is 2.67. The van der Waals surface area contributed by atoms with Crippen molar-refractivity contribution in [2.24, 2.45) is 17.8 Å². The Hall–Kier alpha value is -2.12. The van der Waals surface area contributed by atoms with Crippen LogP contribution in [0.5, 0.6) is 11.5 Å². The molecule has 3 saturated carbocycles. The van der Waals surface area contributed by atoms with E-state index in [2.05, 4.69) is 22.8 Å². The number of rotatable bonds is 12. The summed E-state index contributed by atoms with van der Waals surface area (Å²) in [5.74, 6) is 2.98. The molecule has 242 valence electrons. The lowest BCUT2D eigenvalue weighted by atomic mass is 9.51. The van der Waals surface area contributed by atoms with Gasteiger partial charge >= 0.3 is 5.97 Å². The number of carbonyl (C=O) groups excluding carboxylic acids is 2. The van der Waals surface area contributed by atoms with E-state index >= 15 is 0 Å². The van der Waals surface area contributed by atoms with Gasteiger partial charge in [0.05, 0.1) is 12.1 Å². The largest absolute Gasteiger partial charge is 0.483 e. The third kappa shape index (κ3) is 5.48. The number of likely N-dealkylation sites (tertiary alicyclic amines) is 1. The van der Waals surface area contributed by atoms with E-state index in [0.717, 1.165) is 89.1 Å². The Morgan fingerprint density at radius 2 is 1.93 bits per heavy atom. The van der Waals surface area contributed by atoms with Crippen molar-refractivity contribution in [1.29, 1.82) is 0 Å². The first kappa shape index (κ1) is 30.5. The van der Waals surface area contributed by atoms with Crippen LogP contribution >= 0.6 is 0 Å². The van der Waals surface area contributed by atoms with Crippen molar-refractivity contribution in [3.63, 3.8) is 0 Å². The second-order valence-corrected chi connectivity index (χ2v) is 15.1. The number of piperidine rings is 1. The molecule has 1 amide bonds. The van der Waals surface area contributed by atoms with Crippen LogP contribution in [0, 0.1) is 17.8 Å². The van der Waals surface area contributed by atoms with Crippen molar-refractivity contribution in [3.8, 4) is 11.5 Å². The van der Waals surface area contributed by atoms with Gasteiger partial charge in [-0.2, -0.15) is 0 Å². The predicted octanol–water partition coefficient (Wildman–Crippen LogP) is 6.17. The minimum absolute atomic E-state index is 0.0321. The third-order valence-corrected chi connectivity index (χ3v) is 12.4. The molecule has 2 aliphatic heterocycles. The molecule has 1 N–H and O–H groups in total. The summed E-state index contributed by atoms with van der Waals surface area (Å²) < 4.78 is 12.8. The highest BCUT2D eigenvalue weighted by Crippen LogP contribution is 2.64. The Kier molecular flexibility index (Phi) is 8.73. The summed E-state index contributed by atoms with van der Waals surface area (Å²) in [6.07, 6.45) is 17.7. The number of nitrogens with zero attached hydrogens (tertiary/aromatic N) is 2. The Morgan fingerprint density at radius 3 is 2.68 bits per heavy atom. The van der Waals surface area contributed by atoms with Crippen molar-refractivity contribution >= 4 is 11.9 Å². The molecule has 2 heterocycles. The van der Waals surface area contributed by atoms with Gasteiger partial charge in [-0.3, -0.25) is 14.5 Å². The number of aliphatic hydroxyl groups is 1. The molecular weight excluding hydrogens is 552 g/mol. The lowest BCUT2D eigenvalue weighted by Crippen LogP contribution is -2.69. The molecule has 0 aromatic heterocycles. The number of carbonyl (C=O) groups is 2. The second kappa shape index (κ2) is 12.6. The van der Waals surface area contributed by atoms with Crippen LogP contribution in [0.3, 0.4) is 0 Å². The van der Waals surface area contributed by atoms with Gasteiger partial charge in [0.2, 0.25) is 5.91 Å². The number of unbranched alkanes of at least 4 members (excludes halogenated alkanes) is 2. The maximum Gasteiger partial charge on any atom is 0.308 e. The highest BCUT2D eigenvalue weighted by molar-refractivity contribution is 5.77. The van der Waals surface area contributed by atoms with Crippen LogP contribution in [0.25, 0.3) is 0 Å². The molecule has 2 unspecified atom stereocenters. The topological polar surface area (TPSA) is 79.3 Å². The van der Waals surface area contributed by atoms with Crippen LogP contribution in [0.2, 0.25) is 0 Å². The molecule has 1 aromatic carbocycles. The summed E-state index contributed by atoms with van der Waals surface area (Å²) in [4.78, 5) is 31.1. The first-order chi connectivity index (χ1) is 21.4. The molecule has 7 nitrogen and oxygen atoms in total. The lowest BCUT2D eigenvalue weighted by Gasteiger charge is -2.60. The third-order valence-electron chi connectivity index (χ3n) is 12.4. The van der Waals surface area contributed by atoms with Crippen LogP contribution in [-0.4, -0.2) is 70.7 Å². The molecule has 2 bridgehead atoms. The van der Waals surface area contributed by atoms with E-state index in [1.54, 1.807) is 0 Å². The number of ether oxygens (including phenoxy) is 2. The molecular formula is C37H54N2O5. The standard InChI is InChI=1S/C37H54N2O5/c1-3-4-19-39(33(42)13-9-8-12-25-10-6-5-7-11-25)29-16-15-28-30-21-26-14-17-32(43-24(2)40)35-34(26)37(28,36(29)44-35)18-20-38(30)23-27-22-31(27)41/h14,17,25,27-31,36,41H,3-13,15-16,18-23H2,1-2H3/t27?,28-,29+,30+,31?,36-,37-/m0/s1. The molecule has 0 radical (unpaired) electrons. The average molecular weight is 607 g/mol. The van der Waals surface area contributed by atoms with Crippen LogP contribution in [0.4, 0.5) is 0 Å². The fraction of sp³-hybridized carbons (Fsp3) is 0.784. The van der Waals surface area contributed by atoms with Gasteiger partial charge in [0.15, 0.2) is 11.5 Å². The summed E-state index contributed by atoms with van der Waals surface area (Å²) >= 11 is 0. The monoisotopic (exact) mass is 606 g/mol. The van der Waals surface area contributed by atoms with Crippen molar-refractivity contribution in [2.45, 2.75) is 146 Å². The van der Waals surface area contributed by atoms with E-state index in [1.165, 1.54) is 56.6 Å². The fourth-order valence-electron chi connectivity index (χ4n) is 10.2. The SMILES string of the molecule is CCCCN(C(=O)CCCCC1CCCCC1)[C@@H]1CC[C@H]2[C@H]3Cc4ccc(OC(C)=O)c5c4[C@@]2(CCN3CC2CC2O)[C@H]1O5. The first-order valence-corrected chi connectivity index (χ1v) is 18.1. The number of esters is 1. The summed E-state index contributed by atoms with van der Waals surface area (Å²) in [5.41, 5.74) is 2.42. The van der Waals surface area contributed by atoms with Crippen LogP contribution in [-0.2, 0) is 21.4 Å². The maximum absolute atomic E-state index is 14.1. The van der Waals surface area contributed by atoms with Gasteiger partial charge in [0.25, 0.3) is 0 Å². The maximum atomic E-state index is 14.1. The number of benzene rings is 1. The number of hydrogen-bond donors (Lipinski definition) is 1. The Labute approximate surface area is 264 Å². The van der Waals surface area contributed by atoms with Gasteiger partial charge < -0.3 is 19.5 Å². The van der Waals surface area contributed by atoms with Gasteiger partial charge in [-0.05, 0) is 75.0 Å². The van der Waals surface area contributed by atoms with E-state index in [9.17, 15) is 14.7 Å². The van der Waals surface area contributed by atoms with Crippen molar-refractivity contribution in [2.75, 3.05) is 19.6 Å². The minimum Gasteiger partial charge on any atom is -0.483 e. The number of aliphatic hydroxyl groups excluding tert-OH is 1. The van der Waals surface area contributed by atoms with E-state index in [-0.39, 0.29) is 29.6 Å². The van der Waals surface area contributed by atoms with Gasteiger partial charge in [-0.1, -0.05) is 64.4 Å². The fourth-order valence-corrected chi connectivity index (χ4v) is 10.2. The summed E-state index contributed by atoms with van der Waals surface area (Å²) in [6.45, 7) is 6.41. The highest BCUT2D eigenvalue weighted by atomic mass is 16.6. The molecule has 7 heteroatoms. The van der Waals surface area contributed by atoms with E-state index in [1.807, 2.05) is 6.07 Å². The number of hydrogen-bond acceptors (Lipinski definition) is 6. The van der Waals surface area contributed by atoms with Crippen molar-refractivity contribution < 1.29 is 24.2 Å². The van der Waals surface area contributed by atoms with Crippen molar-refractivity contribution in [1.82, 2.24) is 9.80 Å². The van der Waals surface area contributed by atoms with Gasteiger partial charge in [0.1, 0.15) is 6.10 Å². The zero-order chi connectivity index (χ0) is 30.4. The molecule has 6 aliphatic rings. The average Bonchev–Trinajstić information content (AvgIpc) is 3.60. The van der Waals surface area contributed by atoms with Gasteiger partial charge in [-0.25, -0.2) is 0 Å². The molecule has 44 heavy (non-hydrogen) atoms. The lowest BCUT2D eigenvalue weighted by molar-refractivity contribution is -0.143. The Balaban J connectivity index is 1.16. The van der Waals surface area contributed by atoms with Crippen LogP contribution in [0.15, 0.2) is 12.1 Å². The number of amides is 1. The zero-order valence-electron chi connectivity index (χ0n) is 27.1. The Morgan fingerprint density at radius 1 is 1.11 bits per heavy atom. The van der Waals surface area contributed by atoms with Crippen molar-refractivity contribution in [3.05, 3.63) is 23.3 Å². The molecule has 7 atom stereocenters. The second-order valence-electron chi connectivity index (χ2n) is 15.1. The summed E-state index contributed by atoms with van der Waals surface area (Å²) in [7, 11) is 0.